The number of carbonyl (C=O) groups is 1. The summed E-state index contributed by atoms with van der Waals surface area (Å²) >= 11 is 0. The van der Waals surface area contributed by atoms with Crippen molar-refractivity contribution in [1.29, 1.82) is 0 Å². The molecule has 0 radical (unpaired) electrons. The van der Waals surface area contributed by atoms with Gasteiger partial charge >= 0.3 is 6.09 Å². The van der Waals surface area contributed by atoms with Gasteiger partial charge < -0.3 is 25.6 Å². The number of nitrogens with zero attached hydrogens (tertiary/aromatic N) is 2. The lowest BCUT2D eigenvalue weighted by molar-refractivity contribution is 0.0527. The normalized spacial score (nSPS) is 18.9. The lowest BCUT2D eigenvalue weighted by Crippen LogP contribution is -2.44. The van der Waals surface area contributed by atoms with E-state index in [9.17, 15) is 4.79 Å². The second-order valence-corrected chi connectivity index (χ2v) is 7.43. The molecule has 3 N–H and O–H groups in total. The standard InChI is InChI=1S/C17H35N5O2.HI/c1-17(2,3)24-16(23)20-10-7-9-19-15(18-4)21-12-14-8-6-11-22(5)13-14;/h14H,6-13H2,1-5H3,(H,20,23)(H2,18,19,21);1H. The van der Waals surface area contributed by atoms with Crippen molar-refractivity contribution in [3.8, 4) is 0 Å². The molecule has 0 saturated carbocycles. The Bertz CT molecular complexity index is 412. The Morgan fingerprint density at radius 3 is 2.52 bits per heavy atom. The van der Waals surface area contributed by atoms with Crippen LogP contribution in [-0.4, -0.2) is 69.4 Å². The van der Waals surface area contributed by atoms with Gasteiger partial charge in [0.1, 0.15) is 5.60 Å². The van der Waals surface area contributed by atoms with Gasteiger partial charge in [0.2, 0.25) is 0 Å². The smallest absolute Gasteiger partial charge is 0.407 e. The van der Waals surface area contributed by atoms with Crippen LogP contribution < -0.4 is 16.0 Å². The fourth-order valence-corrected chi connectivity index (χ4v) is 2.70. The van der Waals surface area contributed by atoms with E-state index < -0.39 is 5.60 Å². The number of amides is 1. The van der Waals surface area contributed by atoms with Crippen LogP contribution >= 0.6 is 24.0 Å². The highest BCUT2D eigenvalue weighted by atomic mass is 127. The maximum atomic E-state index is 11.5. The molecule has 0 aromatic rings. The van der Waals surface area contributed by atoms with Crippen LogP contribution in [0.3, 0.4) is 0 Å². The summed E-state index contributed by atoms with van der Waals surface area (Å²) in [5.74, 6) is 1.50. The minimum absolute atomic E-state index is 0. The maximum Gasteiger partial charge on any atom is 0.407 e. The van der Waals surface area contributed by atoms with E-state index in [4.69, 9.17) is 4.74 Å². The van der Waals surface area contributed by atoms with Crippen molar-refractivity contribution >= 4 is 36.0 Å². The molecule has 1 unspecified atom stereocenters. The molecule has 1 aliphatic heterocycles. The maximum absolute atomic E-state index is 11.5. The number of halogens is 1. The number of likely N-dealkylation sites (tertiary alicyclic amines) is 1. The van der Waals surface area contributed by atoms with Gasteiger partial charge in [-0.15, -0.1) is 24.0 Å². The number of guanidine groups is 1. The molecule has 1 fully saturated rings. The van der Waals surface area contributed by atoms with E-state index >= 15 is 0 Å². The zero-order chi connectivity index (χ0) is 18.0. The number of ether oxygens (including phenoxy) is 1. The predicted molar refractivity (Wildman–Crippen MR) is 114 cm³/mol. The Morgan fingerprint density at radius 1 is 1.24 bits per heavy atom. The Labute approximate surface area is 169 Å². The SMILES string of the molecule is CN=C(NCCCNC(=O)OC(C)(C)C)NCC1CCCN(C)C1.I. The largest absolute Gasteiger partial charge is 0.444 e. The van der Waals surface area contributed by atoms with Crippen molar-refractivity contribution in [3.05, 3.63) is 0 Å². The van der Waals surface area contributed by atoms with Crippen LogP contribution in [0, 0.1) is 5.92 Å². The van der Waals surface area contributed by atoms with Gasteiger partial charge in [-0.2, -0.15) is 0 Å². The molecule has 1 aliphatic rings. The van der Waals surface area contributed by atoms with Crippen LogP contribution in [0.5, 0.6) is 0 Å². The van der Waals surface area contributed by atoms with E-state index in [2.05, 4.69) is 32.9 Å². The molecule has 0 spiro atoms. The molecule has 0 aromatic carbocycles. The summed E-state index contributed by atoms with van der Waals surface area (Å²) in [7, 11) is 3.96. The first-order valence-corrected chi connectivity index (χ1v) is 8.90. The summed E-state index contributed by atoms with van der Waals surface area (Å²) in [6.07, 6.45) is 2.98. The molecule has 7 nitrogen and oxygen atoms in total. The van der Waals surface area contributed by atoms with Crippen LogP contribution in [0.1, 0.15) is 40.0 Å². The summed E-state index contributed by atoms with van der Waals surface area (Å²) in [5, 5.41) is 9.42. The Balaban J connectivity index is 0.00000576. The molecule has 25 heavy (non-hydrogen) atoms. The third-order valence-corrected chi connectivity index (χ3v) is 3.82. The monoisotopic (exact) mass is 469 g/mol. The second kappa shape index (κ2) is 12.6. The average molecular weight is 469 g/mol. The zero-order valence-electron chi connectivity index (χ0n) is 16.4. The molecule has 0 bridgehead atoms. The van der Waals surface area contributed by atoms with E-state index in [1.807, 2.05) is 20.8 Å². The van der Waals surface area contributed by atoms with Gasteiger partial charge in [0.15, 0.2) is 5.96 Å². The first-order chi connectivity index (χ1) is 11.3. The number of aliphatic imine (C=N–C) groups is 1. The van der Waals surface area contributed by atoms with Crippen LogP contribution in [0.15, 0.2) is 4.99 Å². The topological polar surface area (TPSA) is 78.0 Å². The third kappa shape index (κ3) is 12.3. The lowest BCUT2D eigenvalue weighted by Gasteiger charge is -2.30. The summed E-state index contributed by atoms with van der Waals surface area (Å²) in [6, 6.07) is 0. The second-order valence-electron chi connectivity index (χ2n) is 7.43. The number of alkyl carbamates (subject to hydrolysis) is 1. The number of nitrogens with one attached hydrogen (secondary N) is 3. The molecule has 8 heteroatoms. The highest BCUT2D eigenvalue weighted by Crippen LogP contribution is 2.13. The minimum Gasteiger partial charge on any atom is -0.444 e. The quantitative estimate of drug-likeness (QED) is 0.240. The van der Waals surface area contributed by atoms with Gasteiger partial charge in [0.05, 0.1) is 0 Å². The Hall–Kier alpha value is -0.770. The van der Waals surface area contributed by atoms with Crippen molar-refractivity contribution < 1.29 is 9.53 Å². The van der Waals surface area contributed by atoms with Crippen LogP contribution in [-0.2, 0) is 4.74 Å². The Morgan fingerprint density at radius 2 is 1.92 bits per heavy atom. The molecule has 148 valence electrons. The van der Waals surface area contributed by atoms with Gasteiger partial charge in [0.25, 0.3) is 0 Å². The average Bonchev–Trinajstić information content (AvgIpc) is 2.48. The van der Waals surface area contributed by atoms with Gasteiger partial charge in [-0.05, 0) is 59.5 Å². The molecular formula is C17H36IN5O2. The van der Waals surface area contributed by atoms with Gasteiger partial charge in [0, 0.05) is 33.2 Å². The van der Waals surface area contributed by atoms with E-state index in [0.717, 1.165) is 32.0 Å². The molecule has 0 aliphatic carbocycles. The first-order valence-electron chi connectivity index (χ1n) is 8.90. The minimum atomic E-state index is -0.457. The third-order valence-electron chi connectivity index (χ3n) is 3.82. The highest BCUT2D eigenvalue weighted by molar-refractivity contribution is 14.0. The summed E-state index contributed by atoms with van der Waals surface area (Å²) in [4.78, 5) is 18.1. The number of rotatable bonds is 6. The van der Waals surface area contributed by atoms with Gasteiger partial charge in [-0.3, -0.25) is 4.99 Å². The van der Waals surface area contributed by atoms with Gasteiger partial charge in [-0.25, -0.2) is 4.79 Å². The first kappa shape index (κ1) is 24.2. The molecule has 1 heterocycles. The van der Waals surface area contributed by atoms with E-state index in [1.54, 1.807) is 7.05 Å². The number of carbonyl (C=O) groups excluding carboxylic acids is 1. The summed E-state index contributed by atoms with van der Waals surface area (Å²) in [6.45, 7) is 10.2. The fraction of sp³-hybridized carbons (Fsp3) is 0.882. The van der Waals surface area contributed by atoms with Crippen molar-refractivity contribution in [2.45, 2.75) is 45.6 Å². The molecular weight excluding hydrogens is 433 g/mol. The summed E-state index contributed by atoms with van der Waals surface area (Å²) in [5.41, 5.74) is -0.457. The highest BCUT2D eigenvalue weighted by Gasteiger charge is 2.17. The van der Waals surface area contributed by atoms with Crippen LogP contribution in [0.4, 0.5) is 4.79 Å². The van der Waals surface area contributed by atoms with Crippen molar-refractivity contribution in [3.63, 3.8) is 0 Å². The van der Waals surface area contributed by atoms with E-state index in [0.29, 0.717) is 12.5 Å². The molecule has 1 saturated heterocycles. The number of hydrogen-bond donors (Lipinski definition) is 3. The number of piperidine rings is 1. The predicted octanol–water partition coefficient (Wildman–Crippen LogP) is 2.03. The van der Waals surface area contributed by atoms with Crippen LogP contribution in [0.25, 0.3) is 0 Å². The van der Waals surface area contributed by atoms with E-state index in [-0.39, 0.29) is 30.1 Å². The van der Waals surface area contributed by atoms with Gasteiger partial charge in [-0.1, -0.05) is 0 Å². The lowest BCUT2D eigenvalue weighted by atomic mass is 9.99. The molecule has 1 rings (SSSR count). The molecule has 1 atom stereocenters. The van der Waals surface area contributed by atoms with E-state index in [1.165, 1.54) is 19.4 Å². The number of hydrogen-bond acceptors (Lipinski definition) is 4. The fourth-order valence-electron chi connectivity index (χ4n) is 2.70. The van der Waals surface area contributed by atoms with Crippen molar-refractivity contribution in [2.24, 2.45) is 10.9 Å². The van der Waals surface area contributed by atoms with Crippen molar-refractivity contribution in [2.75, 3.05) is 46.8 Å². The van der Waals surface area contributed by atoms with Crippen LogP contribution in [0.2, 0.25) is 0 Å². The summed E-state index contributed by atoms with van der Waals surface area (Å²) < 4.78 is 5.19. The zero-order valence-corrected chi connectivity index (χ0v) is 18.7. The molecule has 1 amide bonds. The Kier molecular flexibility index (Phi) is 12.2. The van der Waals surface area contributed by atoms with Crippen molar-refractivity contribution in [1.82, 2.24) is 20.9 Å². The molecule has 0 aromatic heterocycles.